The maximum Gasteiger partial charge on any atom is 0.191 e. The number of aliphatic hydroxyl groups excluding tert-OH is 1. The van der Waals surface area contributed by atoms with Crippen LogP contribution < -0.4 is 10.6 Å². The molecule has 0 aromatic heterocycles. The van der Waals surface area contributed by atoms with Gasteiger partial charge in [-0.15, -0.1) is 0 Å². The fraction of sp³-hybridized carbons (Fsp3) is 0.944. The van der Waals surface area contributed by atoms with Gasteiger partial charge < -0.3 is 25.4 Å². The summed E-state index contributed by atoms with van der Waals surface area (Å²) >= 11 is 0. The Morgan fingerprint density at radius 2 is 1.88 bits per heavy atom. The quantitative estimate of drug-likeness (QED) is 0.254. The highest BCUT2D eigenvalue weighted by Gasteiger charge is 2.25. The van der Waals surface area contributed by atoms with Crippen molar-refractivity contribution in [3.8, 4) is 0 Å². The van der Waals surface area contributed by atoms with E-state index in [0.717, 1.165) is 71.0 Å². The number of methoxy groups -OCH3 is 1. The number of hydrogen-bond donors (Lipinski definition) is 3. The zero-order valence-electron chi connectivity index (χ0n) is 16.5. The van der Waals surface area contributed by atoms with Crippen LogP contribution in [-0.4, -0.2) is 76.1 Å². The number of likely N-dealkylation sites (N-methyl/N-ethyl adjacent to an activating group) is 1. The van der Waals surface area contributed by atoms with Gasteiger partial charge in [-0.05, 0) is 45.1 Å². The van der Waals surface area contributed by atoms with E-state index in [0.29, 0.717) is 0 Å². The summed E-state index contributed by atoms with van der Waals surface area (Å²) in [6.07, 6.45) is 3.94. The molecule has 0 radical (unpaired) electrons. The number of rotatable bonds is 14. The van der Waals surface area contributed by atoms with Gasteiger partial charge in [0, 0.05) is 53.0 Å². The Kier molecular flexibility index (Phi) is 14.0. The lowest BCUT2D eigenvalue weighted by Gasteiger charge is -2.29. The van der Waals surface area contributed by atoms with E-state index in [4.69, 9.17) is 9.73 Å². The lowest BCUT2D eigenvalue weighted by Crippen LogP contribution is -2.42. The standard InChI is InChI=1S/C18H40N4O2/c1-6-18(7-2,10-14-23)16-21-17(19-8-3)20-11-13-22(4)12-9-15-24-5/h23H,6-16H2,1-5H3,(H2,19,20,21). The van der Waals surface area contributed by atoms with Crippen LogP contribution in [0.4, 0.5) is 0 Å². The van der Waals surface area contributed by atoms with E-state index in [1.807, 2.05) is 0 Å². The normalized spacial score (nSPS) is 12.7. The van der Waals surface area contributed by atoms with Gasteiger partial charge in [0.1, 0.15) is 0 Å². The van der Waals surface area contributed by atoms with E-state index in [1.54, 1.807) is 7.11 Å². The summed E-state index contributed by atoms with van der Waals surface area (Å²) in [4.78, 5) is 7.06. The van der Waals surface area contributed by atoms with Crippen molar-refractivity contribution >= 4 is 5.96 Å². The Labute approximate surface area is 149 Å². The van der Waals surface area contributed by atoms with Crippen LogP contribution in [0.2, 0.25) is 0 Å². The summed E-state index contributed by atoms with van der Waals surface area (Å²) in [5.74, 6) is 0.868. The first kappa shape index (κ1) is 23.1. The molecule has 0 aliphatic carbocycles. The monoisotopic (exact) mass is 344 g/mol. The van der Waals surface area contributed by atoms with Crippen LogP contribution in [0.3, 0.4) is 0 Å². The third kappa shape index (κ3) is 10.1. The number of ether oxygens (including phenoxy) is 1. The predicted molar refractivity (Wildman–Crippen MR) is 103 cm³/mol. The number of hydrogen-bond acceptors (Lipinski definition) is 4. The van der Waals surface area contributed by atoms with Gasteiger partial charge >= 0.3 is 0 Å². The van der Waals surface area contributed by atoms with Crippen LogP contribution in [0.1, 0.15) is 46.5 Å². The lowest BCUT2D eigenvalue weighted by molar-refractivity contribution is 0.175. The summed E-state index contributed by atoms with van der Waals surface area (Å²) in [5.41, 5.74) is 0.105. The summed E-state index contributed by atoms with van der Waals surface area (Å²) in [6.45, 7) is 12.0. The molecule has 0 saturated heterocycles. The molecule has 6 heteroatoms. The van der Waals surface area contributed by atoms with Crippen molar-refractivity contribution in [3.63, 3.8) is 0 Å². The van der Waals surface area contributed by atoms with Crippen LogP contribution in [0.25, 0.3) is 0 Å². The number of aliphatic hydroxyl groups is 1. The summed E-state index contributed by atoms with van der Waals surface area (Å²) in [6, 6.07) is 0. The van der Waals surface area contributed by atoms with Crippen LogP contribution in [0.5, 0.6) is 0 Å². The molecule has 0 saturated carbocycles. The third-order valence-corrected chi connectivity index (χ3v) is 4.73. The molecule has 0 aromatic carbocycles. The van der Waals surface area contributed by atoms with Crippen molar-refractivity contribution in [2.75, 3.05) is 60.1 Å². The van der Waals surface area contributed by atoms with Gasteiger partial charge in [-0.1, -0.05) is 13.8 Å². The number of guanidine groups is 1. The van der Waals surface area contributed by atoms with E-state index in [1.165, 1.54) is 0 Å². The van der Waals surface area contributed by atoms with Crippen LogP contribution in [0.15, 0.2) is 4.99 Å². The molecule has 3 N–H and O–H groups in total. The van der Waals surface area contributed by atoms with E-state index in [9.17, 15) is 5.11 Å². The minimum Gasteiger partial charge on any atom is -0.396 e. The van der Waals surface area contributed by atoms with Gasteiger partial charge in [0.15, 0.2) is 5.96 Å². The third-order valence-electron chi connectivity index (χ3n) is 4.73. The fourth-order valence-electron chi connectivity index (χ4n) is 2.69. The molecule has 0 aliphatic rings. The molecule has 0 spiro atoms. The molecule has 0 fully saturated rings. The zero-order valence-corrected chi connectivity index (χ0v) is 16.5. The van der Waals surface area contributed by atoms with E-state index in [-0.39, 0.29) is 12.0 Å². The molecule has 0 atom stereocenters. The van der Waals surface area contributed by atoms with Crippen LogP contribution in [0, 0.1) is 5.41 Å². The molecule has 0 aromatic rings. The van der Waals surface area contributed by atoms with Crippen molar-refractivity contribution in [1.82, 2.24) is 15.5 Å². The van der Waals surface area contributed by atoms with Crippen molar-refractivity contribution in [3.05, 3.63) is 0 Å². The smallest absolute Gasteiger partial charge is 0.191 e. The highest BCUT2D eigenvalue weighted by Crippen LogP contribution is 2.30. The van der Waals surface area contributed by atoms with Crippen molar-refractivity contribution in [2.24, 2.45) is 10.4 Å². The summed E-state index contributed by atoms with van der Waals surface area (Å²) < 4.78 is 5.08. The molecule has 6 nitrogen and oxygen atoms in total. The molecule has 24 heavy (non-hydrogen) atoms. The minimum absolute atomic E-state index is 0.105. The highest BCUT2D eigenvalue weighted by atomic mass is 16.5. The Bertz CT molecular complexity index is 320. The molecule has 0 rings (SSSR count). The second kappa shape index (κ2) is 14.5. The van der Waals surface area contributed by atoms with Gasteiger partial charge in [-0.3, -0.25) is 4.99 Å². The first-order valence-electron chi connectivity index (χ1n) is 9.38. The predicted octanol–water partition coefficient (Wildman–Crippen LogP) is 1.70. The van der Waals surface area contributed by atoms with Gasteiger partial charge in [0.05, 0.1) is 0 Å². The van der Waals surface area contributed by atoms with Crippen molar-refractivity contribution in [2.45, 2.75) is 46.5 Å². The molecular weight excluding hydrogens is 304 g/mol. The largest absolute Gasteiger partial charge is 0.396 e. The average Bonchev–Trinajstić information content (AvgIpc) is 2.58. The van der Waals surface area contributed by atoms with E-state index in [2.05, 4.69) is 43.4 Å². The lowest BCUT2D eigenvalue weighted by atomic mass is 9.79. The van der Waals surface area contributed by atoms with Gasteiger partial charge in [0.2, 0.25) is 0 Å². The SMILES string of the molecule is CCNC(=NCC(CC)(CC)CCO)NCCN(C)CCCOC. The Morgan fingerprint density at radius 3 is 2.42 bits per heavy atom. The van der Waals surface area contributed by atoms with Gasteiger partial charge in [0.25, 0.3) is 0 Å². The molecular formula is C18H40N4O2. The Hall–Kier alpha value is -0.850. The molecule has 144 valence electrons. The zero-order chi connectivity index (χ0) is 18.3. The second-order valence-electron chi connectivity index (χ2n) is 6.45. The number of aliphatic imine (C=N–C) groups is 1. The highest BCUT2D eigenvalue weighted by molar-refractivity contribution is 5.79. The van der Waals surface area contributed by atoms with Crippen LogP contribution in [-0.2, 0) is 4.74 Å². The molecule has 0 aliphatic heterocycles. The topological polar surface area (TPSA) is 69.1 Å². The van der Waals surface area contributed by atoms with Crippen LogP contribution >= 0.6 is 0 Å². The van der Waals surface area contributed by atoms with E-state index < -0.39 is 0 Å². The molecule has 0 amide bonds. The maximum atomic E-state index is 9.33. The van der Waals surface area contributed by atoms with Gasteiger partial charge in [-0.25, -0.2) is 0 Å². The fourth-order valence-corrected chi connectivity index (χ4v) is 2.69. The minimum atomic E-state index is 0.105. The van der Waals surface area contributed by atoms with Gasteiger partial charge in [-0.2, -0.15) is 0 Å². The first-order chi connectivity index (χ1) is 11.6. The van der Waals surface area contributed by atoms with Crippen molar-refractivity contribution < 1.29 is 9.84 Å². The number of nitrogens with one attached hydrogen (secondary N) is 2. The Morgan fingerprint density at radius 1 is 1.17 bits per heavy atom. The summed E-state index contributed by atoms with van der Waals surface area (Å²) in [7, 11) is 3.87. The Balaban J connectivity index is 4.41. The molecule has 0 heterocycles. The van der Waals surface area contributed by atoms with E-state index >= 15 is 0 Å². The second-order valence-corrected chi connectivity index (χ2v) is 6.45. The number of nitrogens with zero attached hydrogens (tertiary/aromatic N) is 2. The summed E-state index contributed by atoms with van der Waals surface area (Å²) in [5, 5.41) is 16.0. The maximum absolute atomic E-state index is 9.33. The molecule has 0 bridgehead atoms. The average molecular weight is 345 g/mol. The molecule has 0 unspecified atom stereocenters. The van der Waals surface area contributed by atoms with Crippen molar-refractivity contribution in [1.29, 1.82) is 0 Å². The first-order valence-corrected chi connectivity index (χ1v) is 9.38.